The van der Waals surface area contributed by atoms with Crippen LogP contribution in [0.15, 0.2) is 168 Å². The van der Waals surface area contributed by atoms with Crippen LogP contribution in [0.2, 0.25) is 0 Å². The van der Waals surface area contributed by atoms with Crippen molar-refractivity contribution in [1.29, 1.82) is 0 Å². The molecule has 0 saturated carbocycles. The van der Waals surface area contributed by atoms with Gasteiger partial charge in [0.25, 0.3) is 0 Å². The number of ether oxygens (including phenoxy) is 1. The summed E-state index contributed by atoms with van der Waals surface area (Å²) in [6.07, 6.45) is 0. The Hall–Kier alpha value is -6.72. The van der Waals surface area contributed by atoms with Crippen LogP contribution in [0.1, 0.15) is 5.56 Å². The van der Waals surface area contributed by atoms with Crippen molar-refractivity contribution in [3.05, 3.63) is 169 Å². The summed E-state index contributed by atoms with van der Waals surface area (Å²) in [5, 5.41) is 1.64. The quantitative estimate of drug-likeness (QED) is 0.170. The highest BCUT2D eigenvalue weighted by atomic mass is 16.5. The van der Waals surface area contributed by atoms with Gasteiger partial charge in [-0.05, 0) is 57.6 Å². The average Bonchev–Trinajstić information content (AvgIpc) is 3.60. The van der Waals surface area contributed by atoms with Gasteiger partial charge in [0, 0.05) is 27.5 Å². The number of aromatic nitrogens is 3. The van der Waals surface area contributed by atoms with Crippen LogP contribution in [-0.2, 0) is 5.40 Å². The van der Waals surface area contributed by atoms with Crippen molar-refractivity contribution in [3.8, 4) is 73.3 Å². The highest BCUT2D eigenvalue weighted by Gasteiger charge is 2.33. The minimum atomic E-state index is -0.441. The molecule has 2 aromatic heterocycles. The summed E-state index contributed by atoms with van der Waals surface area (Å²) in [4.78, 5) is 15.4. The fourth-order valence-corrected chi connectivity index (χ4v) is 7.64. The van der Waals surface area contributed by atoms with Crippen LogP contribution in [0.5, 0.6) is 5.75 Å². The molecule has 7 heteroatoms. The zero-order valence-electron chi connectivity index (χ0n) is 29.2. The molecule has 0 saturated heterocycles. The predicted molar refractivity (Wildman–Crippen MR) is 219 cm³/mol. The van der Waals surface area contributed by atoms with Gasteiger partial charge >= 0.3 is 0 Å². The number of hydrogen-bond donors (Lipinski definition) is 0. The maximum absolute atomic E-state index is 6.60. The monoisotopic (exact) mass is 679 g/mol. The molecule has 10 rings (SSSR count). The minimum Gasteiger partial charge on any atom is -0.500 e. The Morgan fingerprint density at radius 2 is 1.02 bits per heavy atom. The molecule has 0 spiro atoms. The molecule has 53 heavy (non-hydrogen) atoms. The summed E-state index contributed by atoms with van der Waals surface area (Å²) in [6, 6.07) is 56.3. The van der Waals surface area contributed by atoms with Gasteiger partial charge in [0.15, 0.2) is 33.2 Å². The van der Waals surface area contributed by atoms with Gasteiger partial charge in [0.05, 0.1) is 11.0 Å². The second kappa shape index (κ2) is 12.2. The van der Waals surface area contributed by atoms with Crippen molar-refractivity contribution < 1.29 is 9.15 Å². The molecule has 1 aliphatic heterocycles. The average molecular weight is 679 g/mol. The molecule has 0 radical (unpaired) electrons. The second-order valence-electron chi connectivity index (χ2n) is 13.9. The lowest BCUT2D eigenvalue weighted by atomic mass is 9.58. The number of hydrogen-bond acceptors (Lipinski definition) is 5. The number of para-hydroxylation sites is 2. The van der Waals surface area contributed by atoms with Gasteiger partial charge in [-0.25, -0.2) is 15.0 Å². The summed E-state index contributed by atoms with van der Waals surface area (Å²) < 4.78 is 13.1. The number of fused-ring (bicyclic) bond motifs is 6. The molecule has 248 valence electrons. The van der Waals surface area contributed by atoms with Gasteiger partial charge in [-0.15, -0.1) is 0 Å². The standard InChI is InChI=1S/C46H31B2N3O2/c47-46(48)38-20-6-4-16-36(38)41-33(17-10-22-40(41)53-46)31-13-8-14-32(27-31)44-49-43(30-25-23-29(24-26-30)28-11-2-1-3-12-28)50-45(51-44)37-19-9-18-35-34-15-5-7-21-39(34)52-42(35)37/h1-27H,47-48H2. The number of furan rings is 1. The van der Waals surface area contributed by atoms with E-state index in [-0.39, 0.29) is 0 Å². The Morgan fingerprint density at radius 1 is 0.434 bits per heavy atom. The zero-order valence-corrected chi connectivity index (χ0v) is 29.2. The van der Waals surface area contributed by atoms with Crippen molar-refractivity contribution >= 4 is 37.6 Å². The van der Waals surface area contributed by atoms with Crippen LogP contribution >= 0.6 is 0 Å². The van der Waals surface area contributed by atoms with Crippen molar-refractivity contribution in [2.24, 2.45) is 0 Å². The van der Waals surface area contributed by atoms with E-state index in [1.165, 1.54) is 11.1 Å². The topological polar surface area (TPSA) is 61.0 Å². The molecule has 0 N–H and O–H groups in total. The predicted octanol–water partition coefficient (Wildman–Crippen LogP) is 9.54. The summed E-state index contributed by atoms with van der Waals surface area (Å²) in [5.74, 6) is 2.59. The molecule has 0 atom stereocenters. The van der Waals surface area contributed by atoms with Crippen molar-refractivity contribution in [2.45, 2.75) is 5.40 Å². The largest absolute Gasteiger partial charge is 0.500 e. The summed E-state index contributed by atoms with van der Waals surface area (Å²) in [7, 11) is 4.25. The Morgan fingerprint density at radius 3 is 1.89 bits per heavy atom. The normalized spacial score (nSPS) is 13.0. The Balaban J connectivity index is 1.14. The van der Waals surface area contributed by atoms with E-state index in [0.29, 0.717) is 17.5 Å². The smallest absolute Gasteiger partial charge is 0.167 e. The summed E-state index contributed by atoms with van der Waals surface area (Å²) in [6.45, 7) is 0. The van der Waals surface area contributed by atoms with Crippen LogP contribution in [0.3, 0.4) is 0 Å². The van der Waals surface area contributed by atoms with Gasteiger partial charge in [0.2, 0.25) is 0 Å². The van der Waals surface area contributed by atoms with Crippen molar-refractivity contribution in [3.63, 3.8) is 0 Å². The lowest BCUT2D eigenvalue weighted by molar-refractivity contribution is 0.241. The third-order valence-electron chi connectivity index (χ3n) is 10.2. The first-order valence-corrected chi connectivity index (χ1v) is 17.9. The van der Waals surface area contributed by atoms with E-state index < -0.39 is 5.40 Å². The van der Waals surface area contributed by atoms with E-state index in [1.54, 1.807) is 0 Å². The second-order valence-corrected chi connectivity index (χ2v) is 13.9. The molecule has 0 fully saturated rings. The number of benzene rings is 7. The Bertz CT molecular complexity index is 2850. The molecule has 5 nitrogen and oxygen atoms in total. The third kappa shape index (κ3) is 5.32. The van der Waals surface area contributed by atoms with Gasteiger partial charge < -0.3 is 9.15 Å². The van der Waals surface area contributed by atoms with Gasteiger partial charge in [-0.2, -0.15) is 0 Å². The first-order valence-electron chi connectivity index (χ1n) is 17.9. The molecule has 1 aliphatic rings. The minimum absolute atomic E-state index is 0.441. The third-order valence-corrected chi connectivity index (χ3v) is 10.2. The van der Waals surface area contributed by atoms with Crippen LogP contribution in [0.25, 0.3) is 89.5 Å². The van der Waals surface area contributed by atoms with E-state index in [0.717, 1.165) is 72.2 Å². The Labute approximate surface area is 308 Å². The molecular formula is C46H31B2N3O2. The molecule has 0 bridgehead atoms. The molecule has 0 amide bonds. The van der Waals surface area contributed by atoms with E-state index >= 15 is 0 Å². The maximum Gasteiger partial charge on any atom is 0.167 e. The molecular weight excluding hydrogens is 648 g/mol. The van der Waals surface area contributed by atoms with E-state index in [9.17, 15) is 0 Å². The van der Waals surface area contributed by atoms with Gasteiger partial charge in [-0.3, -0.25) is 0 Å². The maximum atomic E-state index is 6.60. The number of rotatable bonds is 5. The SMILES string of the molecule is BC1(B)Oc2cccc(-c3cccc(-c4nc(-c5ccc(-c6ccccc6)cc5)nc(-c5cccc6c5oc5ccccc56)n4)c3)c2-c2ccccc21. The summed E-state index contributed by atoms with van der Waals surface area (Å²) in [5.41, 5.74) is 12.0. The van der Waals surface area contributed by atoms with Crippen LogP contribution < -0.4 is 4.74 Å². The molecule has 3 heterocycles. The first-order chi connectivity index (χ1) is 26.0. The van der Waals surface area contributed by atoms with Gasteiger partial charge in [0.1, 0.15) is 16.9 Å². The van der Waals surface area contributed by atoms with E-state index in [1.807, 2.05) is 36.4 Å². The first kappa shape index (κ1) is 31.1. The van der Waals surface area contributed by atoms with Crippen molar-refractivity contribution in [2.75, 3.05) is 0 Å². The summed E-state index contributed by atoms with van der Waals surface area (Å²) >= 11 is 0. The van der Waals surface area contributed by atoms with Crippen LogP contribution in [0.4, 0.5) is 0 Å². The number of nitrogens with zero attached hydrogens (tertiary/aromatic N) is 3. The van der Waals surface area contributed by atoms with Crippen molar-refractivity contribution in [1.82, 2.24) is 15.0 Å². The van der Waals surface area contributed by atoms with Gasteiger partial charge in [-0.1, -0.05) is 140 Å². The van der Waals surface area contributed by atoms with E-state index in [2.05, 4.69) is 143 Å². The lowest BCUT2D eigenvalue weighted by Gasteiger charge is -2.36. The highest BCUT2D eigenvalue weighted by Crippen LogP contribution is 2.48. The lowest BCUT2D eigenvalue weighted by Crippen LogP contribution is -2.37. The Kier molecular flexibility index (Phi) is 7.15. The fraction of sp³-hybridized carbons (Fsp3) is 0.0217. The fourth-order valence-electron chi connectivity index (χ4n) is 7.64. The highest BCUT2D eigenvalue weighted by molar-refractivity contribution is 6.40. The molecule has 9 aromatic rings. The van der Waals surface area contributed by atoms with E-state index in [4.69, 9.17) is 24.1 Å². The van der Waals surface area contributed by atoms with Crippen LogP contribution in [0, 0.1) is 0 Å². The molecule has 0 unspecified atom stereocenters. The molecule has 0 aliphatic carbocycles. The zero-order chi connectivity index (χ0) is 35.5. The van der Waals surface area contributed by atoms with Crippen LogP contribution in [-0.4, -0.2) is 30.6 Å². The molecule has 7 aromatic carbocycles.